The minimum atomic E-state index is -0.481. The third-order valence-corrected chi connectivity index (χ3v) is 5.46. The van der Waals surface area contributed by atoms with Gasteiger partial charge in [0.05, 0.1) is 0 Å². The predicted molar refractivity (Wildman–Crippen MR) is 108 cm³/mol. The molecule has 0 amide bonds. The zero-order valence-corrected chi connectivity index (χ0v) is 15.5. The van der Waals surface area contributed by atoms with Gasteiger partial charge in [-0.05, 0) is 67.5 Å². The van der Waals surface area contributed by atoms with Gasteiger partial charge < -0.3 is 11.5 Å². The van der Waals surface area contributed by atoms with Crippen LogP contribution in [0.5, 0.6) is 0 Å². The van der Waals surface area contributed by atoms with Gasteiger partial charge >= 0.3 is 0 Å². The molecule has 6 heteroatoms. The Hall–Kier alpha value is -2.89. The fraction of sp³-hybridized carbons (Fsp3) is 0.333. The van der Waals surface area contributed by atoms with Crippen LogP contribution in [0, 0.1) is 12.7 Å². The number of guanidine groups is 2. The summed E-state index contributed by atoms with van der Waals surface area (Å²) in [4.78, 5) is 10.9. The van der Waals surface area contributed by atoms with Gasteiger partial charge in [0.25, 0.3) is 0 Å². The van der Waals surface area contributed by atoms with Gasteiger partial charge in [0, 0.05) is 5.69 Å². The summed E-state index contributed by atoms with van der Waals surface area (Å²) in [5.74, 6) is 0.386. The fourth-order valence-corrected chi connectivity index (χ4v) is 4.09. The highest BCUT2D eigenvalue weighted by molar-refractivity contribution is 6.05. The minimum Gasteiger partial charge on any atom is -0.369 e. The molecule has 1 saturated carbocycles. The Kier molecular flexibility index (Phi) is 4.34. The number of hydrogen-bond donors (Lipinski definition) is 2. The van der Waals surface area contributed by atoms with Crippen molar-refractivity contribution in [3.05, 3.63) is 53.8 Å². The molecule has 0 bridgehead atoms. The van der Waals surface area contributed by atoms with Crippen LogP contribution in [0.15, 0.2) is 52.4 Å². The van der Waals surface area contributed by atoms with E-state index in [0.29, 0.717) is 11.5 Å². The van der Waals surface area contributed by atoms with E-state index in [1.54, 1.807) is 19.1 Å². The van der Waals surface area contributed by atoms with Gasteiger partial charge in [0.15, 0.2) is 0 Å². The van der Waals surface area contributed by atoms with Gasteiger partial charge in [-0.25, -0.2) is 9.38 Å². The number of benzene rings is 2. The van der Waals surface area contributed by atoms with Crippen LogP contribution < -0.4 is 16.4 Å². The Balaban J connectivity index is 1.78. The van der Waals surface area contributed by atoms with Crippen molar-refractivity contribution < 1.29 is 4.39 Å². The summed E-state index contributed by atoms with van der Waals surface area (Å²) in [5.41, 5.74) is 15.0. The summed E-state index contributed by atoms with van der Waals surface area (Å²) in [7, 11) is 0. The standard InChI is InChI=1S/C21H24FN5/c1-14-8-9-16(13-18(14)22)15-6-5-7-17(12-15)27-20(24)25-19(23)26-21(27)10-3-2-4-11-21/h5-9,12-13H,2-4,10-11H2,1H3,(H4,23,24,25,26). The van der Waals surface area contributed by atoms with E-state index in [1.807, 2.05) is 35.2 Å². The number of aryl methyl sites for hydroxylation is 1. The lowest BCUT2D eigenvalue weighted by atomic mass is 9.87. The Morgan fingerprint density at radius 1 is 1.00 bits per heavy atom. The van der Waals surface area contributed by atoms with Crippen LogP contribution in [-0.2, 0) is 0 Å². The molecule has 27 heavy (non-hydrogen) atoms. The van der Waals surface area contributed by atoms with Crippen molar-refractivity contribution in [2.45, 2.75) is 44.7 Å². The molecule has 1 heterocycles. The molecule has 0 aromatic heterocycles. The van der Waals surface area contributed by atoms with Crippen LogP contribution in [-0.4, -0.2) is 17.6 Å². The first kappa shape index (κ1) is 17.5. The van der Waals surface area contributed by atoms with Crippen molar-refractivity contribution in [1.82, 2.24) is 0 Å². The lowest BCUT2D eigenvalue weighted by Crippen LogP contribution is -2.58. The quantitative estimate of drug-likeness (QED) is 0.847. The predicted octanol–water partition coefficient (Wildman–Crippen LogP) is 3.91. The van der Waals surface area contributed by atoms with E-state index in [-0.39, 0.29) is 11.8 Å². The lowest BCUT2D eigenvalue weighted by Gasteiger charge is -2.45. The van der Waals surface area contributed by atoms with E-state index in [9.17, 15) is 4.39 Å². The monoisotopic (exact) mass is 365 g/mol. The summed E-state index contributed by atoms with van der Waals surface area (Å²) >= 11 is 0. The van der Waals surface area contributed by atoms with Crippen LogP contribution in [0.25, 0.3) is 11.1 Å². The van der Waals surface area contributed by atoms with Crippen LogP contribution in [0.3, 0.4) is 0 Å². The van der Waals surface area contributed by atoms with Crippen LogP contribution in [0.2, 0.25) is 0 Å². The van der Waals surface area contributed by atoms with Gasteiger partial charge in [-0.3, -0.25) is 4.90 Å². The molecular weight excluding hydrogens is 341 g/mol. The van der Waals surface area contributed by atoms with E-state index in [0.717, 1.165) is 42.5 Å². The molecule has 0 radical (unpaired) electrons. The maximum Gasteiger partial charge on any atom is 0.220 e. The molecule has 0 atom stereocenters. The average Bonchev–Trinajstić information content (AvgIpc) is 2.64. The second kappa shape index (κ2) is 6.68. The molecule has 1 aliphatic carbocycles. The van der Waals surface area contributed by atoms with E-state index in [2.05, 4.69) is 4.99 Å². The zero-order chi connectivity index (χ0) is 19.0. The number of nitrogens with two attached hydrogens (primary N) is 2. The Morgan fingerprint density at radius 3 is 2.48 bits per heavy atom. The van der Waals surface area contributed by atoms with E-state index >= 15 is 0 Å². The summed E-state index contributed by atoms with van der Waals surface area (Å²) in [6.45, 7) is 1.76. The molecule has 0 unspecified atom stereocenters. The SMILES string of the molecule is Cc1ccc(-c2cccc(N3C(N)=NC(N)=NC34CCCCC4)c2)cc1F. The van der Waals surface area contributed by atoms with Crippen LogP contribution in [0.4, 0.5) is 10.1 Å². The third-order valence-electron chi connectivity index (χ3n) is 5.46. The first-order chi connectivity index (χ1) is 13.0. The van der Waals surface area contributed by atoms with Crippen molar-refractivity contribution >= 4 is 17.6 Å². The van der Waals surface area contributed by atoms with E-state index in [4.69, 9.17) is 16.5 Å². The second-order valence-electron chi connectivity index (χ2n) is 7.33. The molecule has 2 aliphatic rings. The first-order valence-electron chi connectivity index (χ1n) is 9.35. The minimum absolute atomic E-state index is 0.210. The second-order valence-corrected chi connectivity index (χ2v) is 7.33. The average molecular weight is 365 g/mol. The molecule has 2 aromatic rings. The highest BCUT2D eigenvalue weighted by Crippen LogP contribution is 2.40. The third kappa shape index (κ3) is 3.16. The molecule has 1 aliphatic heterocycles. The van der Waals surface area contributed by atoms with Crippen molar-refractivity contribution in [2.75, 3.05) is 4.90 Å². The Bertz CT molecular complexity index is 928. The van der Waals surface area contributed by atoms with E-state index < -0.39 is 5.66 Å². The molecule has 1 spiro atoms. The van der Waals surface area contributed by atoms with E-state index in [1.165, 1.54) is 6.42 Å². The highest BCUT2D eigenvalue weighted by atomic mass is 19.1. The number of nitrogens with zero attached hydrogens (tertiary/aromatic N) is 3. The highest BCUT2D eigenvalue weighted by Gasteiger charge is 2.42. The maximum atomic E-state index is 14.0. The van der Waals surface area contributed by atoms with Crippen LogP contribution >= 0.6 is 0 Å². The van der Waals surface area contributed by atoms with Crippen molar-refractivity contribution in [1.29, 1.82) is 0 Å². The smallest absolute Gasteiger partial charge is 0.220 e. The lowest BCUT2D eigenvalue weighted by molar-refractivity contribution is 0.305. The summed E-state index contributed by atoms with van der Waals surface area (Å²) in [5, 5.41) is 0. The van der Waals surface area contributed by atoms with Gasteiger partial charge in [-0.2, -0.15) is 4.99 Å². The number of hydrogen-bond acceptors (Lipinski definition) is 5. The Labute approximate surface area is 158 Å². The van der Waals surface area contributed by atoms with Crippen molar-refractivity contribution in [2.24, 2.45) is 21.5 Å². The molecule has 4 N–H and O–H groups in total. The van der Waals surface area contributed by atoms with Gasteiger partial charge in [0.2, 0.25) is 11.9 Å². The number of rotatable bonds is 2. The molecule has 2 aromatic carbocycles. The van der Waals surface area contributed by atoms with Crippen molar-refractivity contribution in [3.63, 3.8) is 0 Å². The largest absolute Gasteiger partial charge is 0.369 e. The number of halogens is 1. The van der Waals surface area contributed by atoms with Gasteiger partial charge in [-0.15, -0.1) is 0 Å². The number of aliphatic imine (C=N–C) groups is 2. The fourth-order valence-electron chi connectivity index (χ4n) is 4.09. The molecule has 140 valence electrons. The summed E-state index contributed by atoms with van der Waals surface area (Å²) < 4.78 is 14.0. The topological polar surface area (TPSA) is 80.0 Å². The normalized spacial score (nSPS) is 19.0. The van der Waals surface area contributed by atoms with Crippen LogP contribution in [0.1, 0.15) is 37.7 Å². The van der Waals surface area contributed by atoms with Gasteiger partial charge in [0.1, 0.15) is 11.5 Å². The molecule has 0 saturated heterocycles. The van der Waals surface area contributed by atoms with Crippen molar-refractivity contribution in [3.8, 4) is 11.1 Å². The first-order valence-corrected chi connectivity index (χ1v) is 9.35. The van der Waals surface area contributed by atoms with Gasteiger partial charge in [-0.1, -0.05) is 30.7 Å². The Morgan fingerprint density at radius 2 is 1.74 bits per heavy atom. The molecular formula is C21H24FN5. The molecule has 1 fully saturated rings. The summed E-state index contributed by atoms with van der Waals surface area (Å²) in [6.07, 6.45) is 5.10. The molecule has 5 nitrogen and oxygen atoms in total. The number of anilines is 1. The summed E-state index contributed by atoms with van der Waals surface area (Å²) in [6, 6.07) is 13.2. The maximum absolute atomic E-state index is 14.0. The molecule has 4 rings (SSSR count). The zero-order valence-electron chi connectivity index (χ0n) is 15.5.